The van der Waals surface area contributed by atoms with Crippen LogP contribution in [0.3, 0.4) is 0 Å². The van der Waals surface area contributed by atoms with E-state index in [-0.39, 0.29) is 16.3 Å². The number of alkyl halides is 3. The number of aromatic amines is 1. The van der Waals surface area contributed by atoms with Crippen molar-refractivity contribution >= 4 is 10.0 Å². The Kier molecular flexibility index (Phi) is 5.50. The molecule has 2 aromatic heterocycles. The van der Waals surface area contributed by atoms with Crippen molar-refractivity contribution in [1.29, 1.82) is 0 Å². The largest absolute Gasteiger partial charge is 0.496 e. The lowest BCUT2D eigenvalue weighted by Crippen LogP contribution is -2.12. The van der Waals surface area contributed by atoms with E-state index in [9.17, 15) is 21.6 Å². The fourth-order valence-electron chi connectivity index (χ4n) is 3.42. The first-order valence-corrected chi connectivity index (χ1v) is 11.0. The molecule has 0 radical (unpaired) electrons. The molecular weight excluding hydrogens is 459 g/mol. The van der Waals surface area contributed by atoms with Gasteiger partial charge in [-0.05, 0) is 55.5 Å². The molecule has 0 saturated heterocycles. The van der Waals surface area contributed by atoms with Crippen LogP contribution < -0.4 is 9.88 Å². The minimum atomic E-state index is -4.69. The molecule has 0 aliphatic carbocycles. The number of halogens is 3. The van der Waals surface area contributed by atoms with Gasteiger partial charge in [-0.3, -0.25) is 5.10 Å². The number of hydrogen-bond donors (Lipinski definition) is 2. The van der Waals surface area contributed by atoms with Crippen molar-refractivity contribution in [2.45, 2.75) is 18.0 Å². The van der Waals surface area contributed by atoms with Crippen molar-refractivity contribution in [3.05, 3.63) is 66.0 Å². The summed E-state index contributed by atoms with van der Waals surface area (Å²) in [6, 6.07) is 11.2. The predicted octanol–water partition coefficient (Wildman–Crippen LogP) is 3.91. The number of nitrogens with one attached hydrogen (secondary N) is 1. The highest BCUT2D eigenvalue weighted by Gasteiger charge is 2.35. The molecule has 172 valence electrons. The van der Waals surface area contributed by atoms with Gasteiger partial charge >= 0.3 is 6.18 Å². The van der Waals surface area contributed by atoms with E-state index in [1.807, 2.05) is 0 Å². The highest BCUT2D eigenvalue weighted by molar-refractivity contribution is 7.89. The van der Waals surface area contributed by atoms with E-state index in [2.05, 4.69) is 15.3 Å². The molecular formula is C21H18F3N5O3S. The Labute approximate surface area is 186 Å². The summed E-state index contributed by atoms with van der Waals surface area (Å²) in [6.45, 7) is 1.72. The maximum Gasteiger partial charge on any atom is 0.435 e. The Morgan fingerprint density at radius 2 is 1.79 bits per heavy atom. The third-order valence-corrected chi connectivity index (χ3v) is 6.01. The van der Waals surface area contributed by atoms with Crippen molar-refractivity contribution in [3.63, 3.8) is 0 Å². The molecule has 4 rings (SSSR count). The van der Waals surface area contributed by atoms with Gasteiger partial charge in [-0.25, -0.2) is 18.2 Å². The average molecular weight is 477 g/mol. The summed E-state index contributed by atoms with van der Waals surface area (Å²) in [4.78, 5) is -0.171. The summed E-state index contributed by atoms with van der Waals surface area (Å²) in [6.07, 6.45) is -3.14. The normalized spacial score (nSPS) is 12.2. The van der Waals surface area contributed by atoms with E-state index in [0.717, 1.165) is 10.7 Å². The number of ether oxygens (including phenoxy) is 1. The van der Waals surface area contributed by atoms with Crippen molar-refractivity contribution in [2.75, 3.05) is 7.11 Å². The molecule has 0 saturated carbocycles. The van der Waals surface area contributed by atoms with Crippen LogP contribution in [0.25, 0.3) is 28.2 Å². The number of sulfonamides is 1. The van der Waals surface area contributed by atoms with Crippen LogP contribution in [0.4, 0.5) is 13.2 Å². The van der Waals surface area contributed by atoms with Crippen LogP contribution in [0.1, 0.15) is 11.3 Å². The maximum atomic E-state index is 13.6. The van der Waals surface area contributed by atoms with Gasteiger partial charge in [0.1, 0.15) is 5.75 Å². The Hall–Kier alpha value is -3.64. The molecule has 0 aliphatic rings. The molecule has 2 aromatic carbocycles. The third kappa shape index (κ3) is 4.34. The summed E-state index contributed by atoms with van der Waals surface area (Å²) in [5.74, 6) is 0.461. The van der Waals surface area contributed by atoms with E-state index in [0.29, 0.717) is 28.1 Å². The number of nitrogens with zero attached hydrogens (tertiary/aromatic N) is 3. The van der Waals surface area contributed by atoms with E-state index in [1.165, 1.54) is 31.4 Å². The van der Waals surface area contributed by atoms with E-state index < -0.39 is 21.9 Å². The zero-order valence-corrected chi connectivity index (χ0v) is 18.2. The first kappa shape index (κ1) is 22.6. The number of rotatable bonds is 5. The second kappa shape index (κ2) is 8.05. The highest BCUT2D eigenvalue weighted by Crippen LogP contribution is 2.39. The summed E-state index contributed by atoms with van der Waals surface area (Å²) < 4.78 is 70.4. The lowest BCUT2D eigenvalue weighted by molar-refractivity contribution is -0.141. The molecule has 8 nitrogen and oxygen atoms in total. The van der Waals surface area contributed by atoms with Crippen LogP contribution in [0, 0.1) is 6.92 Å². The minimum absolute atomic E-state index is 0.142. The minimum Gasteiger partial charge on any atom is -0.496 e. The van der Waals surface area contributed by atoms with Gasteiger partial charge in [-0.1, -0.05) is 0 Å². The third-order valence-electron chi connectivity index (χ3n) is 5.08. The number of benzene rings is 2. The van der Waals surface area contributed by atoms with E-state index in [4.69, 9.17) is 9.88 Å². The zero-order chi connectivity index (χ0) is 24.0. The van der Waals surface area contributed by atoms with Crippen LogP contribution >= 0.6 is 0 Å². The molecule has 0 fully saturated rings. The Morgan fingerprint density at radius 3 is 2.33 bits per heavy atom. The Bertz CT molecular complexity index is 1410. The average Bonchev–Trinajstić information content (AvgIpc) is 3.43. The smallest absolute Gasteiger partial charge is 0.435 e. The van der Waals surface area contributed by atoms with Crippen LogP contribution in [0.15, 0.2) is 59.6 Å². The molecule has 4 aromatic rings. The highest BCUT2D eigenvalue weighted by atomic mass is 32.2. The van der Waals surface area contributed by atoms with Gasteiger partial charge < -0.3 is 4.74 Å². The number of primary sulfonamides is 1. The lowest BCUT2D eigenvalue weighted by Gasteiger charge is -2.15. The summed E-state index contributed by atoms with van der Waals surface area (Å²) in [5.41, 5.74) is 1.60. The number of nitrogens with two attached hydrogens (primary N) is 1. The summed E-state index contributed by atoms with van der Waals surface area (Å²) in [7, 11) is -2.50. The second-order valence-electron chi connectivity index (χ2n) is 7.18. The molecule has 33 heavy (non-hydrogen) atoms. The van der Waals surface area contributed by atoms with Crippen molar-refractivity contribution < 1.29 is 26.3 Å². The summed E-state index contributed by atoms with van der Waals surface area (Å²) in [5, 5.41) is 15.6. The molecule has 2 heterocycles. The van der Waals surface area contributed by atoms with Crippen LogP contribution in [-0.2, 0) is 16.2 Å². The molecule has 12 heteroatoms. The van der Waals surface area contributed by atoms with Gasteiger partial charge in [0.15, 0.2) is 5.69 Å². The van der Waals surface area contributed by atoms with Gasteiger partial charge in [0.2, 0.25) is 10.0 Å². The van der Waals surface area contributed by atoms with Crippen molar-refractivity contribution in [2.24, 2.45) is 5.14 Å². The van der Waals surface area contributed by atoms with Crippen LogP contribution in [0.5, 0.6) is 5.75 Å². The number of aromatic nitrogens is 4. The molecule has 0 atom stereocenters. The standard InChI is InChI=1S/C21H18F3N5O3S/c1-12-16(9-13(10-19(12)32-2)17-7-8-26-27-17)18-11-20(21(22,23)24)28-29(18)14-3-5-15(6-4-14)33(25,30)31/h3-11H,1-2H3,(H,26,27)(H2,25,30,31). The topological polar surface area (TPSA) is 116 Å². The quantitative estimate of drug-likeness (QED) is 0.452. The Balaban J connectivity index is 1.96. The number of methoxy groups -OCH3 is 1. The number of H-pyrrole nitrogens is 1. The molecule has 0 spiro atoms. The lowest BCUT2D eigenvalue weighted by atomic mass is 9.99. The number of hydrogen-bond acceptors (Lipinski definition) is 5. The monoisotopic (exact) mass is 477 g/mol. The van der Waals surface area contributed by atoms with Crippen LogP contribution in [0.2, 0.25) is 0 Å². The SMILES string of the molecule is COc1cc(-c2ccn[nH]2)cc(-c2cc(C(F)(F)F)nn2-c2ccc(S(N)(=O)=O)cc2)c1C. The van der Waals surface area contributed by atoms with Crippen LogP contribution in [-0.4, -0.2) is 35.5 Å². The van der Waals surface area contributed by atoms with E-state index in [1.54, 1.807) is 31.3 Å². The maximum absolute atomic E-state index is 13.6. The van der Waals surface area contributed by atoms with E-state index >= 15 is 0 Å². The molecule has 0 bridgehead atoms. The van der Waals surface area contributed by atoms with Gasteiger partial charge in [-0.2, -0.15) is 23.4 Å². The van der Waals surface area contributed by atoms with Crippen molar-refractivity contribution in [3.8, 4) is 34.0 Å². The van der Waals surface area contributed by atoms with Gasteiger partial charge in [0.25, 0.3) is 0 Å². The van der Waals surface area contributed by atoms with Crippen molar-refractivity contribution in [1.82, 2.24) is 20.0 Å². The van der Waals surface area contributed by atoms with Gasteiger partial charge in [-0.15, -0.1) is 0 Å². The first-order valence-electron chi connectivity index (χ1n) is 9.48. The predicted molar refractivity (Wildman–Crippen MR) is 114 cm³/mol. The van der Waals surface area contributed by atoms with Gasteiger partial charge in [0.05, 0.1) is 29.1 Å². The molecule has 3 N–H and O–H groups in total. The Morgan fingerprint density at radius 1 is 1.09 bits per heavy atom. The zero-order valence-electron chi connectivity index (χ0n) is 17.4. The fourth-order valence-corrected chi connectivity index (χ4v) is 3.94. The van der Waals surface area contributed by atoms with Gasteiger partial charge in [0, 0.05) is 22.9 Å². The first-order chi connectivity index (χ1) is 15.5. The second-order valence-corrected chi connectivity index (χ2v) is 8.75. The molecule has 0 amide bonds. The molecule has 0 aliphatic heterocycles. The molecule has 0 unspecified atom stereocenters. The summed E-state index contributed by atoms with van der Waals surface area (Å²) >= 11 is 0. The fraction of sp³-hybridized carbons (Fsp3) is 0.143.